The summed E-state index contributed by atoms with van der Waals surface area (Å²) >= 11 is 6.13. The van der Waals surface area contributed by atoms with Crippen molar-refractivity contribution in [2.24, 2.45) is 0 Å². The second-order valence-electron chi connectivity index (χ2n) is 6.91. The Kier molecular flexibility index (Phi) is 5.78. The van der Waals surface area contributed by atoms with E-state index in [0.29, 0.717) is 21.7 Å². The van der Waals surface area contributed by atoms with Crippen molar-refractivity contribution >= 4 is 44.1 Å². The van der Waals surface area contributed by atoms with E-state index >= 15 is 0 Å². The van der Waals surface area contributed by atoms with E-state index in [4.69, 9.17) is 16.3 Å². The maximum atomic E-state index is 13.2. The van der Waals surface area contributed by atoms with Crippen LogP contribution in [0.1, 0.15) is 15.9 Å². The van der Waals surface area contributed by atoms with Crippen LogP contribution in [0.25, 0.3) is 16.7 Å². The van der Waals surface area contributed by atoms with Crippen LogP contribution in [-0.4, -0.2) is 30.4 Å². The largest absolute Gasteiger partial charge is 0.507 e. The highest BCUT2D eigenvalue weighted by Gasteiger charge is 2.23. The van der Waals surface area contributed by atoms with Gasteiger partial charge in [-0.1, -0.05) is 41.9 Å². The Labute approximate surface area is 190 Å². The first-order valence-electron chi connectivity index (χ1n) is 9.52. The standard InChI is InChI=1S/C24H18ClNO5S/c1-31-24-10-6-5-9-18(24)22(27)14-23(28)20-15-26(21-12-11-16(25)13-19(20)21)32(29,30)17-7-3-2-4-8-17/h2-15,28H,1H3/b23-14-. The number of allylic oxidation sites excluding steroid dienone is 1. The number of ketones is 1. The van der Waals surface area contributed by atoms with Crippen LogP contribution >= 0.6 is 11.6 Å². The van der Waals surface area contributed by atoms with Gasteiger partial charge in [0.1, 0.15) is 11.5 Å². The first-order chi connectivity index (χ1) is 15.3. The molecule has 162 valence electrons. The van der Waals surface area contributed by atoms with Crippen LogP contribution in [0.2, 0.25) is 5.02 Å². The maximum Gasteiger partial charge on any atom is 0.268 e. The van der Waals surface area contributed by atoms with Crippen molar-refractivity contribution in [3.63, 3.8) is 0 Å². The Morgan fingerprint density at radius 2 is 1.69 bits per heavy atom. The Hall–Kier alpha value is -3.55. The van der Waals surface area contributed by atoms with Crippen LogP contribution in [0.4, 0.5) is 0 Å². The number of rotatable bonds is 6. The van der Waals surface area contributed by atoms with Crippen molar-refractivity contribution < 1.29 is 23.1 Å². The molecular weight excluding hydrogens is 450 g/mol. The minimum Gasteiger partial charge on any atom is -0.507 e. The molecule has 0 atom stereocenters. The molecule has 1 aromatic heterocycles. The fourth-order valence-electron chi connectivity index (χ4n) is 3.41. The lowest BCUT2D eigenvalue weighted by Crippen LogP contribution is -2.11. The molecule has 4 rings (SSSR count). The molecule has 0 aliphatic heterocycles. The molecule has 3 aromatic carbocycles. The average Bonchev–Trinajstić information content (AvgIpc) is 3.19. The zero-order chi connectivity index (χ0) is 22.9. The van der Waals surface area contributed by atoms with Gasteiger partial charge in [-0.25, -0.2) is 12.4 Å². The number of para-hydroxylation sites is 1. The van der Waals surface area contributed by atoms with Crippen LogP contribution in [0.3, 0.4) is 0 Å². The Morgan fingerprint density at radius 1 is 1.00 bits per heavy atom. The van der Waals surface area contributed by atoms with Crippen LogP contribution in [0.15, 0.2) is 90.0 Å². The SMILES string of the molecule is COc1ccccc1C(=O)/C=C(\O)c1cn(S(=O)(=O)c2ccccc2)c2ccc(Cl)cc12. The first-order valence-corrected chi connectivity index (χ1v) is 11.3. The van der Waals surface area contributed by atoms with E-state index in [1.54, 1.807) is 60.7 Å². The third-order valence-corrected chi connectivity index (χ3v) is 6.87. The minimum absolute atomic E-state index is 0.0898. The summed E-state index contributed by atoms with van der Waals surface area (Å²) in [7, 11) is -2.51. The number of hydrogen-bond donors (Lipinski definition) is 1. The van der Waals surface area contributed by atoms with Gasteiger partial charge < -0.3 is 9.84 Å². The highest BCUT2D eigenvalue weighted by Crippen LogP contribution is 2.32. The molecule has 0 radical (unpaired) electrons. The predicted molar refractivity (Wildman–Crippen MR) is 124 cm³/mol. The summed E-state index contributed by atoms with van der Waals surface area (Å²) in [5.74, 6) is -0.525. The van der Waals surface area contributed by atoms with Gasteiger partial charge in [0, 0.05) is 28.2 Å². The van der Waals surface area contributed by atoms with Crippen LogP contribution < -0.4 is 4.74 Å². The quantitative estimate of drug-likeness (QED) is 0.235. The fraction of sp³-hybridized carbons (Fsp3) is 0.0417. The number of methoxy groups -OCH3 is 1. The number of aliphatic hydroxyl groups is 1. The van der Waals surface area contributed by atoms with Gasteiger partial charge in [0.15, 0.2) is 5.78 Å². The molecule has 0 aliphatic rings. The van der Waals surface area contributed by atoms with Gasteiger partial charge in [-0.15, -0.1) is 0 Å². The van der Waals surface area contributed by atoms with E-state index < -0.39 is 21.6 Å². The van der Waals surface area contributed by atoms with Crippen molar-refractivity contribution in [3.8, 4) is 5.75 Å². The Morgan fingerprint density at radius 3 is 2.41 bits per heavy atom. The minimum atomic E-state index is -3.95. The molecular formula is C24H18ClNO5S. The van der Waals surface area contributed by atoms with E-state index in [1.165, 1.54) is 25.4 Å². The lowest BCUT2D eigenvalue weighted by molar-refractivity contribution is 0.104. The number of nitrogens with zero attached hydrogens (tertiary/aromatic N) is 1. The molecule has 0 fully saturated rings. The second kappa shape index (κ2) is 8.53. The van der Waals surface area contributed by atoms with Crippen molar-refractivity contribution in [3.05, 3.63) is 101 Å². The zero-order valence-corrected chi connectivity index (χ0v) is 18.5. The highest BCUT2D eigenvalue weighted by atomic mass is 35.5. The number of aromatic nitrogens is 1. The van der Waals surface area contributed by atoms with Gasteiger partial charge in [-0.05, 0) is 42.5 Å². The predicted octanol–water partition coefficient (Wildman–Crippen LogP) is 5.32. The number of ether oxygens (including phenoxy) is 1. The molecule has 0 saturated carbocycles. The van der Waals surface area contributed by atoms with E-state index in [0.717, 1.165) is 10.0 Å². The Bertz CT molecular complexity index is 1460. The lowest BCUT2D eigenvalue weighted by Gasteiger charge is -2.07. The van der Waals surface area contributed by atoms with Gasteiger partial charge >= 0.3 is 0 Å². The number of fused-ring (bicyclic) bond motifs is 1. The molecule has 0 unspecified atom stereocenters. The van der Waals surface area contributed by atoms with Crippen molar-refractivity contribution in [2.45, 2.75) is 4.90 Å². The topological polar surface area (TPSA) is 85.6 Å². The van der Waals surface area contributed by atoms with Gasteiger partial charge in [-0.2, -0.15) is 0 Å². The highest BCUT2D eigenvalue weighted by molar-refractivity contribution is 7.90. The molecule has 0 spiro atoms. The molecule has 6 nitrogen and oxygen atoms in total. The van der Waals surface area contributed by atoms with Crippen LogP contribution in [-0.2, 0) is 10.0 Å². The molecule has 0 saturated heterocycles. The summed E-state index contributed by atoms with van der Waals surface area (Å²) in [6.45, 7) is 0. The molecule has 0 aliphatic carbocycles. The Balaban J connectivity index is 1.87. The number of aliphatic hydroxyl groups excluding tert-OH is 1. The summed E-state index contributed by atoms with van der Waals surface area (Å²) in [5.41, 5.74) is 0.739. The molecule has 0 bridgehead atoms. The van der Waals surface area contributed by atoms with E-state index in [9.17, 15) is 18.3 Å². The van der Waals surface area contributed by atoms with Gasteiger partial charge in [0.2, 0.25) is 0 Å². The number of carbonyl (C=O) groups is 1. The monoisotopic (exact) mass is 467 g/mol. The molecule has 1 heterocycles. The van der Waals surface area contributed by atoms with Gasteiger partial charge in [0.05, 0.1) is 23.1 Å². The molecule has 0 amide bonds. The number of benzene rings is 3. The van der Waals surface area contributed by atoms with Gasteiger partial charge in [0.25, 0.3) is 10.0 Å². The van der Waals surface area contributed by atoms with E-state index in [-0.39, 0.29) is 16.0 Å². The van der Waals surface area contributed by atoms with Crippen molar-refractivity contribution in [2.75, 3.05) is 7.11 Å². The summed E-state index contributed by atoms with van der Waals surface area (Å²) in [6, 6.07) is 19.2. The van der Waals surface area contributed by atoms with Crippen molar-refractivity contribution in [1.29, 1.82) is 0 Å². The molecule has 8 heteroatoms. The third-order valence-electron chi connectivity index (χ3n) is 4.95. The van der Waals surface area contributed by atoms with E-state index in [2.05, 4.69) is 0 Å². The smallest absolute Gasteiger partial charge is 0.268 e. The first kappa shape index (κ1) is 21.7. The number of halogens is 1. The zero-order valence-electron chi connectivity index (χ0n) is 16.9. The molecule has 32 heavy (non-hydrogen) atoms. The summed E-state index contributed by atoms with van der Waals surface area (Å²) in [5, 5.41) is 11.5. The van der Waals surface area contributed by atoms with E-state index in [1.807, 2.05) is 0 Å². The van der Waals surface area contributed by atoms with Crippen LogP contribution in [0, 0.1) is 0 Å². The molecule has 4 aromatic rings. The average molecular weight is 468 g/mol. The maximum absolute atomic E-state index is 13.2. The third kappa shape index (κ3) is 3.88. The molecule has 1 N–H and O–H groups in total. The number of hydrogen-bond acceptors (Lipinski definition) is 5. The summed E-state index contributed by atoms with van der Waals surface area (Å²) in [6.07, 6.45) is 2.32. The fourth-order valence-corrected chi connectivity index (χ4v) is 4.97. The van der Waals surface area contributed by atoms with Gasteiger partial charge in [-0.3, -0.25) is 4.79 Å². The van der Waals surface area contributed by atoms with Crippen LogP contribution in [0.5, 0.6) is 5.75 Å². The summed E-state index contributed by atoms with van der Waals surface area (Å²) in [4.78, 5) is 12.9. The summed E-state index contributed by atoms with van der Waals surface area (Å²) < 4.78 is 32.8. The normalized spacial score (nSPS) is 12.1. The van der Waals surface area contributed by atoms with Crippen molar-refractivity contribution in [1.82, 2.24) is 3.97 Å². The number of carbonyl (C=O) groups excluding carboxylic acids is 1. The second-order valence-corrected chi connectivity index (χ2v) is 9.16. The lowest BCUT2D eigenvalue weighted by atomic mass is 10.1.